The lowest BCUT2D eigenvalue weighted by molar-refractivity contribution is -0.136. The van der Waals surface area contributed by atoms with Gasteiger partial charge in [-0.25, -0.2) is 4.99 Å². The molecule has 5 heterocycles. The molecule has 0 aliphatic carbocycles. The summed E-state index contributed by atoms with van der Waals surface area (Å²) in [7, 11) is 0. The molecule has 2 aromatic heterocycles. The third-order valence-corrected chi connectivity index (χ3v) is 10.9. The topological polar surface area (TPSA) is 194 Å². The van der Waals surface area contributed by atoms with Crippen LogP contribution in [-0.2, 0) is 19.2 Å². The number of hydrogen-bond donors (Lipinski definition) is 3. The van der Waals surface area contributed by atoms with Crippen LogP contribution in [0.2, 0.25) is 5.02 Å². The summed E-state index contributed by atoms with van der Waals surface area (Å²) >= 11 is 7.81. The molecule has 15 nitrogen and oxygen atoms in total. The molecular weight excluding hydrogens is 748 g/mol. The lowest BCUT2D eigenvalue weighted by Crippen LogP contribution is -2.54. The average molecular weight is 783 g/mol. The van der Waals surface area contributed by atoms with Gasteiger partial charge in [0.05, 0.1) is 16.8 Å². The summed E-state index contributed by atoms with van der Waals surface area (Å²) < 4.78 is 7.57. The number of hydrogen-bond acceptors (Lipinski definition) is 11. The number of carbonyl (C=O) groups is 6. The van der Waals surface area contributed by atoms with Gasteiger partial charge in [0.25, 0.3) is 17.7 Å². The van der Waals surface area contributed by atoms with Crippen LogP contribution < -0.4 is 20.7 Å². The molecule has 1 saturated heterocycles. The van der Waals surface area contributed by atoms with Gasteiger partial charge < -0.3 is 15.4 Å². The Balaban J connectivity index is 0.931. The molecule has 3 aliphatic rings. The van der Waals surface area contributed by atoms with Gasteiger partial charge in [-0.05, 0) is 69.9 Å². The third kappa shape index (κ3) is 7.29. The van der Waals surface area contributed by atoms with Crippen molar-refractivity contribution in [1.29, 1.82) is 0 Å². The molecule has 3 aliphatic heterocycles. The molecule has 1 fully saturated rings. The number of ether oxygens (including phenoxy) is 1. The zero-order valence-electron chi connectivity index (χ0n) is 30.0. The second-order valence-corrected chi connectivity index (χ2v) is 14.8. The molecule has 3 N–H and O–H groups in total. The van der Waals surface area contributed by atoms with Gasteiger partial charge in [0.15, 0.2) is 12.4 Å². The van der Waals surface area contributed by atoms with Gasteiger partial charge in [-0.1, -0.05) is 29.8 Å². The van der Waals surface area contributed by atoms with Crippen LogP contribution in [0.3, 0.4) is 0 Å². The van der Waals surface area contributed by atoms with Gasteiger partial charge in [0.2, 0.25) is 17.7 Å². The maximum atomic E-state index is 13.3. The zero-order chi connectivity index (χ0) is 39.0. The minimum atomic E-state index is -1.12. The summed E-state index contributed by atoms with van der Waals surface area (Å²) in [6.45, 7) is 6.17. The molecular formula is C38H35ClN8O7S. The van der Waals surface area contributed by atoms with Gasteiger partial charge in [-0.15, -0.1) is 21.5 Å². The lowest BCUT2D eigenvalue weighted by Gasteiger charge is -2.27. The number of aryl methyl sites for hydroxylation is 2. The number of piperidine rings is 1. The highest BCUT2D eigenvalue weighted by atomic mass is 35.5. The molecule has 6 amide bonds. The van der Waals surface area contributed by atoms with Crippen molar-refractivity contribution >= 4 is 69.8 Å². The first-order chi connectivity index (χ1) is 26.4. The summed E-state index contributed by atoms with van der Waals surface area (Å²) in [4.78, 5) is 83.0. The van der Waals surface area contributed by atoms with Crippen LogP contribution in [0.5, 0.6) is 5.75 Å². The van der Waals surface area contributed by atoms with Gasteiger partial charge >= 0.3 is 0 Å². The number of aromatic nitrogens is 3. The number of benzene rings is 2. The predicted octanol–water partition coefficient (Wildman–Crippen LogP) is 3.59. The van der Waals surface area contributed by atoms with Gasteiger partial charge in [-0.3, -0.25) is 43.6 Å². The van der Waals surface area contributed by atoms with E-state index in [-0.39, 0.29) is 35.6 Å². The molecule has 4 aromatic rings. The fourth-order valence-corrected chi connectivity index (χ4v) is 7.95. The van der Waals surface area contributed by atoms with Crippen LogP contribution in [0.15, 0.2) is 53.5 Å². The largest absolute Gasteiger partial charge is 0.483 e. The predicted molar refractivity (Wildman–Crippen MR) is 202 cm³/mol. The number of rotatable bonds is 11. The fraction of sp³-hybridized carbons (Fsp3) is 0.289. The fourth-order valence-electron chi connectivity index (χ4n) is 6.62. The number of imide groups is 2. The Morgan fingerprint density at radius 2 is 1.73 bits per heavy atom. The first-order valence-electron chi connectivity index (χ1n) is 17.5. The average Bonchev–Trinajstić information content (AvgIpc) is 3.73. The van der Waals surface area contributed by atoms with E-state index in [9.17, 15) is 28.8 Å². The Labute approximate surface area is 323 Å². The van der Waals surface area contributed by atoms with Crippen molar-refractivity contribution in [3.63, 3.8) is 0 Å². The summed E-state index contributed by atoms with van der Waals surface area (Å²) in [5.41, 5.74) is 3.93. The monoisotopic (exact) mass is 782 g/mol. The first-order valence-corrected chi connectivity index (χ1v) is 18.7. The van der Waals surface area contributed by atoms with E-state index in [1.165, 1.54) is 24.3 Å². The molecule has 0 spiro atoms. The van der Waals surface area contributed by atoms with Crippen molar-refractivity contribution in [1.82, 2.24) is 35.6 Å². The van der Waals surface area contributed by atoms with Crippen LogP contribution in [0, 0.1) is 20.8 Å². The number of halogens is 1. The number of unbranched alkanes of at least 4 members (excludes halogenated alkanes) is 1. The van der Waals surface area contributed by atoms with Crippen molar-refractivity contribution in [3.05, 3.63) is 97.9 Å². The van der Waals surface area contributed by atoms with Gasteiger partial charge in [-0.2, -0.15) is 0 Å². The van der Waals surface area contributed by atoms with Gasteiger partial charge in [0, 0.05) is 46.6 Å². The minimum Gasteiger partial charge on any atom is -0.483 e. The highest BCUT2D eigenvalue weighted by molar-refractivity contribution is 7.15. The van der Waals surface area contributed by atoms with Crippen molar-refractivity contribution in [2.24, 2.45) is 4.99 Å². The number of nitrogens with one attached hydrogen (secondary N) is 3. The van der Waals surface area contributed by atoms with E-state index in [0.29, 0.717) is 54.0 Å². The summed E-state index contributed by atoms with van der Waals surface area (Å²) in [6, 6.07) is 10.7. The first kappa shape index (κ1) is 37.3. The van der Waals surface area contributed by atoms with E-state index in [1.54, 1.807) is 23.5 Å². The number of carbonyl (C=O) groups excluding carboxylic acids is 6. The van der Waals surface area contributed by atoms with E-state index < -0.39 is 42.2 Å². The number of fused-ring (bicyclic) bond motifs is 4. The maximum Gasteiger partial charge on any atom is 0.266 e. The van der Waals surface area contributed by atoms with Crippen LogP contribution >= 0.6 is 22.9 Å². The maximum absolute atomic E-state index is 13.3. The molecule has 2 aromatic carbocycles. The molecule has 0 saturated carbocycles. The molecule has 1 atom stereocenters. The summed E-state index contributed by atoms with van der Waals surface area (Å²) in [6.07, 6.45) is 2.54. The Bertz CT molecular complexity index is 2350. The zero-order valence-corrected chi connectivity index (χ0v) is 31.6. The Kier molecular flexibility index (Phi) is 10.4. The van der Waals surface area contributed by atoms with Crippen molar-refractivity contribution in [2.75, 3.05) is 19.7 Å². The van der Waals surface area contributed by atoms with Crippen molar-refractivity contribution in [3.8, 4) is 10.8 Å². The summed E-state index contributed by atoms with van der Waals surface area (Å²) in [5, 5.41) is 18.0. The molecule has 0 bridgehead atoms. The SMILES string of the molecule is Cc1sc2c(c1C)C(c1ccc(Cl)cc1)=N/C(=C/C(=O)NCCCCNC(=O)COc1cccc3c1C(=O)N(C1CCC(=O)NC1=O)C3=O)c1nnc(C)n1-2. The second kappa shape index (κ2) is 15.4. The highest BCUT2D eigenvalue weighted by Crippen LogP contribution is 2.39. The highest BCUT2D eigenvalue weighted by Gasteiger charge is 2.46. The number of thiophene rings is 1. The molecule has 282 valence electrons. The van der Waals surface area contributed by atoms with E-state index >= 15 is 0 Å². The van der Waals surface area contributed by atoms with Crippen molar-refractivity contribution < 1.29 is 33.5 Å². The van der Waals surface area contributed by atoms with Crippen LogP contribution in [0.1, 0.15) is 79.6 Å². The van der Waals surface area contributed by atoms with E-state index in [2.05, 4.69) is 33.1 Å². The Hall–Kier alpha value is -6.00. The Morgan fingerprint density at radius 3 is 2.47 bits per heavy atom. The quantitative estimate of drug-likeness (QED) is 0.116. The number of nitrogens with zero attached hydrogens (tertiary/aromatic N) is 5. The smallest absolute Gasteiger partial charge is 0.266 e. The van der Waals surface area contributed by atoms with Crippen molar-refractivity contribution in [2.45, 2.75) is 52.5 Å². The standard InChI is InChI=1S/C38H35ClN8O7S/c1-19-20(2)55-38-31(19)33(22-9-11-23(39)12-10-22)42-25(34-45-44-21(3)46(34)38)17-29(49)40-15-4-5-16-41-30(50)18-54-27-8-6-7-24-32(27)37(53)47(36(24)52)26-13-14-28(48)43-35(26)51/h6-12,17,26H,4-5,13-16,18H2,1-3H3,(H,40,49)(H,41,50)(H,43,48,51)/b25-17+. The number of amides is 6. The van der Waals surface area contributed by atoms with Crippen LogP contribution in [-0.4, -0.2) is 86.6 Å². The second-order valence-electron chi connectivity index (χ2n) is 13.1. The van der Waals surface area contributed by atoms with Gasteiger partial charge in [0.1, 0.15) is 28.3 Å². The Morgan fingerprint density at radius 1 is 0.982 bits per heavy atom. The molecule has 1 unspecified atom stereocenters. The van der Waals surface area contributed by atoms with E-state index in [0.717, 1.165) is 31.5 Å². The van der Waals surface area contributed by atoms with E-state index in [4.69, 9.17) is 21.3 Å². The number of aliphatic imine (C=N–C) groups is 1. The molecule has 55 heavy (non-hydrogen) atoms. The van der Waals surface area contributed by atoms with E-state index in [1.807, 2.05) is 30.5 Å². The van der Waals surface area contributed by atoms with Crippen LogP contribution in [0.25, 0.3) is 10.7 Å². The molecule has 17 heteroatoms. The normalized spacial score (nSPS) is 16.9. The minimum absolute atomic E-state index is 0.000326. The third-order valence-electron chi connectivity index (χ3n) is 9.49. The summed E-state index contributed by atoms with van der Waals surface area (Å²) in [5.74, 6) is -2.25. The molecule has 0 radical (unpaired) electrons. The van der Waals surface area contributed by atoms with Crippen LogP contribution in [0.4, 0.5) is 0 Å². The lowest BCUT2D eigenvalue weighted by atomic mass is 10.00. The molecule has 7 rings (SSSR count).